The van der Waals surface area contributed by atoms with Gasteiger partial charge in [0.15, 0.2) is 0 Å². The number of hydrogen-bond donors (Lipinski definition) is 2. The van der Waals surface area contributed by atoms with Crippen molar-refractivity contribution >= 4 is 42.1 Å². The van der Waals surface area contributed by atoms with E-state index in [9.17, 15) is 4.79 Å². The Morgan fingerprint density at radius 2 is 2.00 bits per heavy atom. The van der Waals surface area contributed by atoms with E-state index in [-0.39, 0.29) is 36.3 Å². The Labute approximate surface area is 170 Å². The number of carbonyl (C=O) groups is 1. The van der Waals surface area contributed by atoms with E-state index in [0.717, 1.165) is 29.2 Å². The molecule has 0 spiro atoms. The first-order valence-corrected chi connectivity index (χ1v) is 9.15. The Balaban J connectivity index is 0.00000169. The third-order valence-electron chi connectivity index (χ3n) is 4.45. The Hall–Kier alpha value is -1.34. The van der Waals surface area contributed by atoms with Gasteiger partial charge in [-0.2, -0.15) is 0 Å². The van der Waals surface area contributed by atoms with Crippen LogP contribution in [0.3, 0.4) is 0 Å². The van der Waals surface area contributed by atoms with Gasteiger partial charge in [-0.1, -0.05) is 0 Å². The first-order chi connectivity index (χ1) is 11.6. The normalized spacial score (nSPS) is 15.2. The molecule has 8 heteroatoms. The summed E-state index contributed by atoms with van der Waals surface area (Å²) >= 11 is 1.46. The van der Waals surface area contributed by atoms with E-state index < -0.39 is 0 Å². The Morgan fingerprint density at radius 3 is 2.54 bits per heavy atom. The lowest BCUT2D eigenvalue weighted by Gasteiger charge is -2.29. The largest absolute Gasteiger partial charge is 0.494 e. The summed E-state index contributed by atoms with van der Waals surface area (Å²) in [4.78, 5) is 17.0. The molecule has 0 radical (unpaired) electrons. The van der Waals surface area contributed by atoms with Gasteiger partial charge in [0, 0.05) is 17.5 Å². The first-order valence-electron chi connectivity index (χ1n) is 8.27. The number of benzene rings is 1. The molecule has 1 amide bonds. The molecule has 2 aromatic rings. The number of thiazole rings is 1. The van der Waals surface area contributed by atoms with Crippen LogP contribution in [0.2, 0.25) is 0 Å². The topological polar surface area (TPSA) is 77.2 Å². The molecule has 5 nitrogen and oxygen atoms in total. The number of hydrogen-bond acceptors (Lipinski definition) is 5. The average molecular weight is 418 g/mol. The molecule has 144 valence electrons. The number of nitrogens with one attached hydrogen (secondary N) is 1. The molecule has 1 heterocycles. The second-order valence-electron chi connectivity index (χ2n) is 6.35. The number of carbonyl (C=O) groups excluding carboxylic acids is 1. The Morgan fingerprint density at radius 1 is 1.35 bits per heavy atom. The van der Waals surface area contributed by atoms with Crippen LogP contribution in [0.4, 0.5) is 0 Å². The molecular weight excluding hydrogens is 393 g/mol. The lowest BCUT2D eigenvalue weighted by Crippen LogP contribution is -2.53. The van der Waals surface area contributed by atoms with Crippen molar-refractivity contribution in [2.75, 3.05) is 13.2 Å². The van der Waals surface area contributed by atoms with Crippen LogP contribution in [-0.2, 0) is 0 Å². The lowest BCUT2D eigenvalue weighted by atomic mass is 9.96. The summed E-state index contributed by atoms with van der Waals surface area (Å²) in [7, 11) is 0. The summed E-state index contributed by atoms with van der Waals surface area (Å²) in [6.45, 7) is 5.06. The lowest BCUT2D eigenvalue weighted by molar-refractivity contribution is 0.0893. The van der Waals surface area contributed by atoms with E-state index in [1.165, 1.54) is 11.3 Å². The second-order valence-corrected chi connectivity index (χ2v) is 7.20. The highest BCUT2D eigenvalue weighted by Crippen LogP contribution is 2.39. The standard InChI is InChI=1S/C18H23N3O2S.2ClH/c1-3-23-14-8-4-12(5-9-14)17-20-15(10-24-17)16(22)21-18(2,11-19)13-6-7-13;;/h4-5,8-10,13H,3,6-7,11,19H2,1-2H3,(H,21,22);2*1H. The number of halogens is 2. The fourth-order valence-corrected chi connectivity index (χ4v) is 3.54. The maximum Gasteiger partial charge on any atom is 0.271 e. The quantitative estimate of drug-likeness (QED) is 0.715. The number of nitrogens with zero attached hydrogens (tertiary/aromatic N) is 1. The smallest absolute Gasteiger partial charge is 0.271 e. The van der Waals surface area contributed by atoms with Crippen LogP contribution in [0.1, 0.15) is 37.2 Å². The van der Waals surface area contributed by atoms with E-state index >= 15 is 0 Å². The number of nitrogens with two attached hydrogens (primary N) is 1. The Kier molecular flexibility index (Phi) is 8.34. The zero-order valence-electron chi connectivity index (χ0n) is 14.9. The van der Waals surface area contributed by atoms with E-state index in [4.69, 9.17) is 10.5 Å². The van der Waals surface area contributed by atoms with Gasteiger partial charge >= 0.3 is 0 Å². The van der Waals surface area contributed by atoms with Crippen molar-refractivity contribution in [3.8, 4) is 16.3 Å². The van der Waals surface area contributed by atoms with Crippen LogP contribution in [0.15, 0.2) is 29.6 Å². The molecule has 1 aliphatic rings. The maximum atomic E-state index is 12.5. The summed E-state index contributed by atoms with van der Waals surface area (Å²) < 4.78 is 5.44. The van der Waals surface area contributed by atoms with Gasteiger partial charge in [-0.3, -0.25) is 4.79 Å². The molecular formula is C18H25Cl2N3O2S. The van der Waals surface area contributed by atoms with Crippen molar-refractivity contribution in [2.24, 2.45) is 11.7 Å². The van der Waals surface area contributed by atoms with Crippen LogP contribution in [0, 0.1) is 5.92 Å². The second kappa shape index (κ2) is 9.55. The number of ether oxygens (including phenoxy) is 1. The van der Waals surface area contributed by atoms with Crippen molar-refractivity contribution in [3.63, 3.8) is 0 Å². The van der Waals surface area contributed by atoms with Crippen molar-refractivity contribution in [3.05, 3.63) is 35.3 Å². The number of aromatic nitrogens is 1. The van der Waals surface area contributed by atoms with E-state index in [1.807, 2.05) is 38.1 Å². The van der Waals surface area contributed by atoms with Crippen molar-refractivity contribution in [1.82, 2.24) is 10.3 Å². The summed E-state index contributed by atoms with van der Waals surface area (Å²) in [5, 5.41) is 5.69. The van der Waals surface area contributed by atoms with Crippen LogP contribution in [0.25, 0.3) is 10.6 Å². The minimum absolute atomic E-state index is 0. The minimum Gasteiger partial charge on any atom is -0.494 e. The molecule has 0 bridgehead atoms. The van der Waals surface area contributed by atoms with Gasteiger partial charge in [0.2, 0.25) is 0 Å². The highest BCUT2D eigenvalue weighted by atomic mass is 35.5. The fraction of sp³-hybridized carbons (Fsp3) is 0.444. The van der Waals surface area contributed by atoms with Crippen molar-refractivity contribution in [1.29, 1.82) is 0 Å². The molecule has 0 aliphatic heterocycles. The number of rotatable bonds is 7. The third kappa shape index (κ3) is 5.10. The molecule has 1 aliphatic carbocycles. The number of amides is 1. The molecule has 1 atom stereocenters. The predicted molar refractivity (Wildman–Crippen MR) is 111 cm³/mol. The van der Waals surface area contributed by atoms with E-state index in [1.54, 1.807) is 5.38 Å². The molecule has 1 aromatic heterocycles. The first kappa shape index (κ1) is 22.7. The van der Waals surface area contributed by atoms with Gasteiger partial charge in [0.05, 0.1) is 12.1 Å². The molecule has 1 saturated carbocycles. The van der Waals surface area contributed by atoms with Crippen LogP contribution in [-0.4, -0.2) is 29.6 Å². The molecule has 1 aromatic carbocycles. The molecule has 3 rings (SSSR count). The predicted octanol–water partition coefficient (Wildman–Crippen LogP) is 3.91. The van der Waals surface area contributed by atoms with Gasteiger partial charge in [-0.25, -0.2) is 4.98 Å². The summed E-state index contributed by atoms with van der Waals surface area (Å²) in [6, 6.07) is 7.75. The fourth-order valence-electron chi connectivity index (χ4n) is 2.73. The zero-order valence-corrected chi connectivity index (χ0v) is 17.3. The summed E-state index contributed by atoms with van der Waals surface area (Å²) in [5.41, 5.74) is 6.96. The Bertz CT molecular complexity index is 719. The van der Waals surface area contributed by atoms with E-state index in [0.29, 0.717) is 24.8 Å². The summed E-state index contributed by atoms with van der Waals surface area (Å²) in [6.07, 6.45) is 2.25. The minimum atomic E-state index is -0.333. The molecule has 1 unspecified atom stereocenters. The van der Waals surface area contributed by atoms with Crippen LogP contribution in [0.5, 0.6) is 5.75 Å². The summed E-state index contributed by atoms with van der Waals surface area (Å²) in [5.74, 6) is 1.16. The molecule has 1 fully saturated rings. The monoisotopic (exact) mass is 417 g/mol. The van der Waals surface area contributed by atoms with Crippen molar-refractivity contribution < 1.29 is 9.53 Å². The van der Waals surface area contributed by atoms with E-state index in [2.05, 4.69) is 10.3 Å². The molecule has 0 saturated heterocycles. The average Bonchev–Trinajstić information content (AvgIpc) is 3.34. The zero-order chi connectivity index (χ0) is 17.2. The van der Waals surface area contributed by atoms with Crippen LogP contribution >= 0.6 is 36.2 Å². The highest BCUT2D eigenvalue weighted by Gasteiger charge is 2.41. The van der Waals surface area contributed by atoms with Crippen LogP contribution < -0.4 is 15.8 Å². The third-order valence-corrected chi connectivity index (χ3v) is 5.34. The van der Waals surface area contributed by atoms with Gasteiger partial charge in [-0.05, 0) is 56.9 Å². The SMILES string of the molecule is CCOc1ccc(-c2nc(C(=O)NC(C)(CN)C3CC3)cs2)cc1.Cl.Cl. The van der Waals surface area contributed by atoms with Gasteiger partial charge in [-0.15, -0.1) is 36.2 Å². The molecule has 26 heavy (non-hydrogen) atoms. The van der Waals surface area contributed by atoms with Gasteiger partial charge in [0.25, 0.3) is 5.91 Å². The van der Waals surface area contributed by atoms with Crippen molar-refractivity contribution in [2.45, 2.75) is 32.2 Å². The van der Waals surface area contributed by atoms with Gasteiger partial charge < -0.3 is 15.8 Å². The molecule has 3 N–H and O–H groups in total. The highest BCUT2D eigenvalue weighted by molar-refractivity contribution is 7.13. The maximum absolute atomic E-state index is 12.5. The van der Waals surface area contributed by atoms with Gasteiger partial charge in [0.1, 0.15) is 16.5 Å².